The van der Waals surface area contributed by atoms with Gasteiger partial charge in [0.25, 0.3) is 5.91 Å². The van der Waals surface area contributed by atoms with Crippen molar-refractivity contribution in [2.75, 3.05) is 11.9 Å². The molecule has 0 aromatic heterocycles. The van der Waals surface area contributed by atoms with Gasteiger partial charge in [-0.05, 0) is 44.0 Å². The molecule has 0 saturated heterocycles. The van der Waals surface area contributed by atoms with Gasteiger partial charge in [-0.15, -0.1) is 0 Å². The summed E-state index contributed by atoms with van der Waals surface area (Å²) in [6.07, 6.45) is -1.11. The molecule has 34 heavy (non-hydrogen) atoms. The fraction of sp³-hybridized carbons (Fsp3) is 0.185. The Morgan fingerprint density at radius 2 is 1.32 bits per heavy atom. The molecule has 3 aromatic rings. The highest BCUT2D eigenvalue weighted by molar-refractivity contribution is 6.09. The van der Waals surface area contributed by atoms with Crippen LogP contribution in [0.4, 0.5) is 5.69 Å². The van der Waals surface area contributed by atoms with Gasteiger partial charge < -0.3 is 15.4 Å². The van der Waals surface area contributed by atoms with Crippen LogP contribution in [0, 0.1) is 13.8 Å². The zero-order valence-corrected chi connectivity index (χ0v) is 19.3. The maximum absolute atomic E-state index is 12.5. The van der Waals surface area contributed by atoms with Gasteiger partial charge in [0.05, 0.1) is 12.1 Å². The molecule has 0 heterocycles. The van der Waals surface area contributed by atoms with Crippen molar-refractivity contribution in [3.05, 3.63) is 101 Å². The highest BCUT2D eigenvalue weighted by atomic mass is 16.5. The number of hydrogen-bond acceptors (Lipinski definition) is 5. The number of esters is 1. The summed E-state index contributed by atoms with van der Waals surface area (Å²) in [5.74, 6) is -1.85. The summed E-state index contributed by atoms with van der Waals surface area (Å²) < 4.78 is 5.20. The zero-order chi connectivity index (χ0) is 24.7. The van der Waals surface area contributed by atoms with Crippen LogP contribution in [0.1, 0.15) is 44.3 Å². The van der Waals surface area contributed by atoms with Crippen molar-refractivity contribution in [2.45, 2.75) is 26.9 Å². The Morgan fingerprint density at radius 3 is 1.94 bits per heavy atom. The van der Waals surface area contributed by atoms with Crippen molar-refractivity contribution in [1.29, 1.82) is 0 Å². The number of hydrogen-bond donors (Lipinski definition) is 2. The molecule has 7 nitrogen and oxygen atoms in total. The lowest BCUT2D eigenvalue weighted by molar-refractivity contribution is -0.130. The van der Waals surface area contributed by atoms with E-state index in [0.29, 0.717) is 16.8 Å². The first-order valence-electron chi connectivity index (χ1n) is 10.8. The van der Waals surface area contributed by atoms with Crippen molar-refractivity contribution >= 4 is 29.3 Å². The van der Waals surface area contributed by atoms with Crippen LogP contribution in [0.15, 0.2) is 72.8 Å². The SMILES string of the molecule is Cc1cccc(C)c1NC(=O)CNC(=O)C(C)OC(=O)c1ccc(C(=O)c2ccccc2)cc1. The highest BCUT2D eigenvalue weighted by Gasteiger charge is 2.20. The van der Waals surface area contributed by atoms with Crippen LogP contribution in [0.5, 0.6) is 0 Å². The van der Waals surface area contributed by atoms with Crippen molar-refractivity contribution in [1.82, 2.24) is 5.32 Å². The van der Waals surface area contributed by atoms with Gasteiger partial charge in [-0.1, -0.05) is 60.7 Å². The van der Waals surface area contributed by atoms with E-state index in [-0.39, 0.29) is 23.8 Å². The molecule has 174 valence electrons. The number of benzene rings is 3. The number of carbonyl (C=O) groups excluding carboxylic acids is 4. The van der Waals surface area contributed by atoms with Crippen molar-refractivity contribution in [3.8, 4) is 0 Å². The first-order valence-corrected chi connectivity index (χ1v) is 10.8. The van der Waals surface area contributed by atoms with E-state index in [1.165, 1.54) is 31.2 Å². The largest absolute Gasteiger partial charge is 0.449 e. The van der Waals surface area contributed by atoms with Crippen LogP contribution >= 0.6 is 0 Å². The van der Waals surface area contributed by atoms with Crippen molar-refractivity contribution in [2.24, 2.45) is 0 Å². The number of rotatable bonds is 8. The predicted octanol–water partition coefficient (Wildman–Crippen LogP) is 3.83. The van der Waals surface area contributed by atoms with E-state index in [9.17, 15) is 19.2 Å². The molecule has 1 unspecified atom stereocenters. The maximum Gasteiger partial charge on any atom is 0.338 e. The van der Waals surface area contributed by atoms with Crippen molar-refractivity contribution in [3.63, 3.8) is 0 Å². The van der Waals surface area contributed by atoms with Crippen molar-refractivity contribution < 1.29 is 23.9 Å². The molecule has 0 aliphatic rings. The van der Waals surface area contributed by atoms with Crippen LogP contribution < -0.4 is 10.6 Å². The number of carbonyl (C=O) groups is 4. The summed E-state index contributed by atoms with van der Waals surface area (Å²) in [6.45, 7) is 4.92. The third-order valence-corrected chi connectivity index (χ3v) is 5.24. The summed E-state index contributed by atoms with van der Waals surface area (Å²) in [7, 11) is 0. The van der Waals surface area contributed by atoms with Crippen LogP contribution in [0.2, 0.25) is 0 Å². The predicted molar refractivity (Wildman–Crippen MR) is 129 cm³/mol. The fourth-order valence-corrected chi connectivity index (χ4v) is 3.30. The molecule has 0 aliphatic carbocycles. The molecular formula is C27H26N2O5. The van der Waals surface area contributed by atoms with E-state index in [1.807, 2.05) is 38.1 Å². The minimum atomic E-state index is -1.11. The molecule has 3 aromatic carbocycles. The summed E-state index contributed by atoms with van der Waals surface area (Å²) in [5, 5.41) is 5.24. The average Bonchev–Trinajstić information content (AvgIpc) is 2.85. The second kappa shape index (κ2) is 11.0. The minimum Gasteiger partial charge on any atom is -0.449 e. The molecule has 0 radical (unpaired) electrons. The number of aryl methyl sites for hydroxylation is 2. The lowest BCUT2D eigenvalue weighted by Crippen LogP contribution is -2.40. The molecule has 0 aliphatic heterocycles. The van der Waals surface area contributed by atoms with Gasteiger partial charge in [0.15, 0.2) is 11.9 Å². The third kappa shape index (κ3) is 6.16. The van der Waals surface area contributed by atoms with Gasteiger partial charge in [0.2, 0.25) is 5.91 Å². The monoisotopic (exact) mass is 458 g/mol. The van der Waals surface area contributed by atoms with Gasteiger partial charge in [0, 0.05) is 16.8 Å². The minimum absolute atomic E-state index is 0.160. The van der Waals surface area contributed by atoms with E-state index in [1.54, 1.807) is 24.3 Å². The van der Waals surface area contributed by atoms with Crippen LogP contribution in [0.3, 0.4) is 0 Å². The highest BCUT2D eigenvalue weighted by Crippen LogP contribution is 2.19. The first-order chi connectivity index (χ1) is 16.3. The Labute approximate surface area is 198 Å². The number of anilines is 1. The van der Waals surface area contributed by atoms with E-state index < -0.39 is 18.0 Å². The molecule has 0 bridgehead atoms. The second-order valence-corrected chi connectivity index (χ2v) is 7.85. The zero-order valence-electron chi connectivity index (χ0n) is 19.3. The molecule has 2 N–H and O–H groups in total. The number of amides is 2. The number of nitrogens with one attached hydrogen (secondary N) is 2. The second-order valence-electron chi connectivity index (χ2n) is 7.85. The molecule has 7 heteroatoms. The molecule has 0 fully saturated rings. The molecule has 1 atom stereocenters. The Morgan fingerprint density at radius 1 is 0.765 bits per heavy atom. The number of para-hydroxylation sites is 1. The summed E-state index contributed by atoms with van der Waals surface area (Å²) in [6, 6.07) is 20.5. The number of ketones is 1. The summed E-state index contributed by atoms with van der Waals surface area (Å²) in [5.41, 5.74) is 3.72. The first kappa shape index (κ1) is 24.4. The van der Waals surface area contributed by atoms with Gasteiger partial charge >= 0.3 is 5.97 Å². The standard InChI is InChI=1S/C27H26N2O5/c1-17-8-7-9-18(2)24(17)29-23(30)16-28-26(32)19(3)34-27(33)22-14-12-21(13-15-22)25(31)20-10-5-4-6-11-20/h4-15,19H,16H2,1-3H3,(H,28,32)(H,29,30). The number of ether oxygens (including phenoxy) is 1. The lowest BCUT2D eigenvalue weighted by atomic mass is 10.0. The van der Waals surface area contributed by atoms with E-state index in [2.05, 4.69) is 10.6 Å². The topological polar surface area (TPSA) is 102 Å². The molecule has 0 saturated carbocycles. The average molecular weight is 459 g/mol. The smallest absolute Gasteiger partial charge is 0.338 e. The summed E-state index contributed by atoms with van der Waals surface area (Å²) in [4.78, 5) is 49.4. The van der Waals surface area contributed by atoms with Crippen LogP contribution in [-0.4, -0.2) is 36.2 Å². The van der Waals surface area contributed by atoms with Gasteiger partial charge in [0.1, 0.15) is 0 Å². The maximum atomic E-state index is 12.5. The van der Waals surface area contributed by atoms with Gasteiger partial charge in [-0.25, -0.2) is 4.79 Å². The Hall–Kier alpha value is -4.26. The molecule has 3 rings (SSSR count). The van der Waals surface area contributed by atoms with Gasteiger partial charge in [-0.2, -0.15) is 0 Å². The Bertz CT molecular complexity index is 1180. The quantitative estimate of drug-likeness (QED) is 0.395. The Kier molecular flexibility index (Phi) is 7.92. The van der Waals surface area contributed by atoms with E-state index in [0.717, 1.165) is 11.1 Å². The lowest BCUT2D eigenvalue weighted by Gasteiger charge is -2.15. The molecule has 2 amide bonds. The molecular weight excluding hydrogens is 432 g/mol. The van der Waals surface area contributed by atoms with E-state index in [4.69, 9.17) is 4.74 Å². The fourth-order valence-electron chi connectivity index (χ4n) is 3.30. The third-order valence-electron chi connectivity index (χ3n) is 5.24. The Balaban J connectivity index is 1.51. The summed E-state index contributed by atoms with van der Waals surface area (Å²) >= 11 is 0. The van der Waals surface area contributed by atoms with Crippen LogP contribution in [-0.2, 0) is 14.3 Å². The van der Waals surface area contributed by atoms with Crippen LogP contribution in [0.25, 0.3) is 0 Å². The normalized spacial score (nSPS) is 11.3. The molecule has 0 spiro atoms. The van der Waals surface area contributed by atoms with Gasteiger partial charge in [-0.3, -0.25) is 14.4 Å². The van der Waals surface area contributed by atoms with E-state index >= 15 is 0 Å².